The zero-order valence-electron chi connectivity index (χ0n) is 17.4. The van der Waals surface area contributed by atoms with Crippen molar-refractivity contribution in [1.82, 2.24) is 9.97 Å². The Labute approximate surface area is 236 Å². The number of nitrogens with zero attached hydrogens (tertiary/aromatic N) is 4. The van der Waals surface area contributed by atoms with E-state index in [1.165, 1.54) is 0 Å². The summed E-state index contributed by atoms with van der Waals surface area (Å²) in [6.45, 7) is 4.12. The number of aryl methyl sites for hydroxylation is 2. The van der Waals surface area contributed by atoms with Crippen LogP contribution in [-0.2, 0) is 47.0 Å². The van der Waals surface area contributed by atoms with Gasteiger partial charge in [-0.05, 0) is 61.4 Å². The van der Waals surface area contributed by atoms with Gasteiger partial charge in [0, 0.05) is 83.2 Å². The molecular formula is C22H26Cl4Cu2N4. The van der Waals surface area contributed by atoms with Crippen molar-refractivity contribution in [3.8, 4) is 0 Å². The Morgan fingerprint density at radius 3 is 1.34 bits per heavy atom. The first-order valence-electron chi connectivity index (χ1n) is 8.68. The van der Waals surface area contributed by atoms with Crippen LogP contribution < -0.4 is 0 Å². The van der Waals surface area contributed by atoms with E-state index in [1.807, 2.05) is 48.8 Å². The Hall–Kier alpha value is -0.941. The molecule has 0 aliphatic heterocycles. The maximum Gasteiger partial charge on any atom is 0.0659 e. The summed E-state index contributed by atoms with van der Waals surface area (Å²) in [5.74, 6) is 0. The van der Waals surface area contributed by atoms with Gasteiger partial charge in [-0.25, -0.2) is 0 Å². The van der Waals surface area contributed by atoms with Gasteiger partial charge in [0.1, 0.15) is 0 Å². The van der Waals surface area contributed by atoms with E-state index in [0.717, 1.165) is 46.7 Å². The summed E-state index contributed by atoms with van der Waals surface area (Å²) in [6, 6.07) is 16.0. The van der Waals surface area contributed by atoms with Crippen LogP contribution in [0.5, 0.6) is 0 Å². The van der Waals surface area contributed by atoms with Crippen molar-refractivity contribution in [2.24, 2.45) is 9.98 Å². The molecular weight excluding hydrogens is 589 g/mol. The number of aliphatic imine (C=N–C) groups is 2. The topological polar surface area (TPSA) is 50.5 Å². The quantitative estimate of drug-likeness (QED) is 0.230. The SMILES string of the molecule is Cc1cc(N=CCc2ccccn2)c(C)cc1N=CCc1ccccn1.Cl.Cl.Cl.Cl.[Cu].[Cu]. The number of pyridine rings is 2. The van der Waals surface area contributed by atoms with Gasteiger partial charge in [0.15, 0.2) is 0 Å². The van der Waals surface area contributed by atoms with Crippen molar-refractivity contribution in [1.29, 1.82) is 0 Å². The minimum atomic E-state index is 0. The third kappa shape index (κ3) is 12.3. The second-order valence-corrected chi connectivity index (χ2v) is 6.10. The average molecular weight is 615 g/mol. The summed E-state index contributed by atoms with van der Waals surface area (Å²) in [6.07, 6.45) is 8.88. The Balaban J connectivity index is -0.000000653. The van der Waals surface area contributed by atoms with Crippen molar-refractivity contribution in [2.45, 2.75) is 26.7 Å². The molecule has 2 heterocycles. The Kier molecular flexibility index (Phi) is 24.7. The number of aromatic nitrogens is 2. The fraction of sp³-hybridized carbons (Fsp3) is 0.182. The van der Waals surface area contributed by atoms with E-state index in [1.54, 1.807) is 12.4 Å². The molecule has 0 N–H and O–H groups in total. The Morgan fingerprint density at radius 1 is 0.656 bits per heavy atom. The van der Waals surface area contributed by atoms with Crippen molar-refractivity contribution < 1.29 is 34.1 Å². The molecule has 0 aliphatic carbocycles. The third-order valence-corrected chi connectivity index (χ3v) is 4.03. The zero-order chi connectivity index (χ0) is 18.2. The van der Waals surface area contributed by atoms with E-state index in [-0.39, 0.29) is 83.8 Å². The molecule has 1 aromatic carbocycles. The van der Waals surface area contributed by atoms with Gasteiger partial charge in [-0.3, -0.25) is 20.0 Å². The van der Waals surface area contributed by atoms with E-state index < -0.39 is 0 Å². The van der Waals surface area contributed by atoms with E-state index in [0.29, 0.717) is 0 Å². The number of hydrogen-bond donors (Lipinski definition) is 0. The molecule has 0 fully saturated rings. The zero-order valence-corrected chi connectivity index (χ0v) is 22.5. The second-order valence-electron chi connectivity index (χ2n) is 6.10. The minimum absolute atomic E-state index is 0. The average Bonchev–Trinajstić information content (AvgIpc) is 2.67. The summed E-state index contributed by atoms with van der Waals surface area (Å²) in [5, 5.41) is 0. The first kappa shape index (κ1) is 38.3. The number of halogens is 4. The molecule has 4 nitrogen and oxygen atoms in total. The monoisotopic (exact) mass is 612 g/mol. The molecule has 32 heavy (non-hydrogen) atoms. The Bertz CT molecular complexity index is 851. The van der Waals surface area contributed by atoms with E-state index in [2.05, 4.69) is 45.9 Å². The molecule has 0 bridgehead atoms. The van der Waals surface area contributed by atoms with Crippen molar-refractivity contribution in [2.75, 3.05) is 0 Å². The fourth-order valence-corrected chi connectivity index (χ4v) is 2.58. The molecule has 0 unspecified atom stereocenters. The normalized spacial score (nSPS) is 9.31. The van der Waals surface area contributed by atoms with Gasteiger partial charge in [0.05, 0.1) is 11.4 Å². The minimum Gasteiger partial charge on any atom is -0.261 e. The molecule has 0 aliphatic rings. The standard InChI is InChI=1S/C22H22N4.4ClH.2Cu/c1-17-15-22(26-14-10-20-8-4-6-12-24-20)18(2)16-21(17)25-13-9-19-7-3-5-11-23-19;;;;;;/h3-8,11-16H,9-10H2,1-2H3;4*1H;;. The van der Waals surface area contributed by atoms with Gasteiger partial charge in [0.25, 0.3) is 0 Å². The Morgan fingerprint density at radius 2 is 1.03 bits per heavy atom. The molecule has 0 saturated heterocycles. The molecule has 184 valence electrons. The summed E-state index contributed by atoms with van der Waals surface area (Å²) < 4.78 is 0. The molecule has 10 heteroatoms. The van der Waals surface area contributed by atoms with Crippen molar-refractivity contribution in [3.05, 3.63) is 83.4 Å². The van der Waals surface area contributed by atoms with Crippen LogP contribution in [0.3, 0.4) is 0 Å². The first-order valence-corrected chi connectivity index (χ1v) is 8.68. The van der Waals surface area contributed by atoms with Gasteiger partial charge in [-0.15, -0.1) is 49.6 Å². The summed E-state index contributed by atoms with van der Waals surface area (Å²) in [7, 11) is 0. The largest absolute Gasteiger partial charge is 0.261 e. The molecule has 3 aromatic rings. The fourth-order valence-electron chi connectivity index (χ4n) is 2.58. The molecule has 0 spiro atoms. The molecule has 2 radical (unpaired) electrons. The number of rotatable bonds is 6. The molecule has 0 saturated carbocycles. The van der Waals surface area contributed by atoms with Crippen LogP contribution in [0.1, 0.15) is 22.5 Å². The maximum atomic E-state index is 4.60. The predicted molar refractivity (Wildman–Crippen MR) is 137 cm³/mol. The van der Waals surface area contributed by atoms with Crippen LogP contribution in [-0.4, -0.2) is 22.4 Å². The predicted octanol–water partition coefficient (Wildman–Crippen LogP) is 6.67. The van der Waals surface area contributed by atoms with Crippen LogP contribution in [0.4, 0.5) is 11.4 Å². The molecule has 2 aromatic heterocycles. The van der Waals surface area contributed by atoms with Crippen molar-refractivity contribution >= 4 is 73.4 Å². The smallest absolute Gasteiger partial charge is 0.0659 e. The van der Waals surface area contributed by atoms with Gasteiger partial charge in [0.2, 0.25) is 0 Å². The second kappa shape index (κ2) is 20.7. The summed E-state index contributed by atoms with van der Waals surface area (Å²) >= 11 is 0. The van der Waals surface area contributed by atoms with Crippen molar-refractivity contribution in [3.63, 3.8) is 0 Å². The third-order valence-electron chi connectivity index (χ3n) is 4.03. The first-order chi connectivity index (χ1) is 12.7. The summed E-state index contributed by atoms with van der Waals surface area (Å²) in [5.41, 5.74) is 6.20. The van der Waals surface area contributed by atoms with Crippen LogP contribution >= 0.6 is 49.6 Å². The number of hydrogen-bond acceptors (Lipinski definition) is 4. The van der Waals surface area contributed by atoms with Crippen LogP contribution in [0.25, 0.3) is 0 Å². The molecule has 0 atom stereocenters. The van der Waals surface area contributed by atoms with E-state index >= 15 is 0 Å². The van der Waals surface area contributed by atoms with Gasteiger partial charge < -0.3 is 0 Å². The summed E-state index contributed by atoms with van der Waals surface area (Å²) in [4.78, 5) is 17.8. The molecule has 3 rings (SSSR count). The van der Waals surface area contributed by atoms with Gasteiger partial charge >= 0.3 is 0 Å². The van der Waals surface area contributed by atoms with Crippen LogP contribution in [0, 0.1) is 13.8 Å². The van der Waals surface area contributed by atoms with Gasteiger partial charge in [-0.2, -0.15) is 0 Å². The number of benzene rings is 1. The van der Waals surface area contributed by atoms with Gasteiger partial charge in [-0.1, -0.05) is 12.1 Å². The van der Waals surface area contributed by atoms with Crippen LogP contribution in [0.15, 0.2) is 70.9 Å². The molecule has 0 amide bonds. The van der Waals surface area contributed by atoms with E-state index in [9.17, 15) is 0 Å². The van der Waals surface area contributed by atoms with E-state index in [4.69, 9.17) is 0 Å². The maximum absolute atomic E-state index is 4.60. The van der Waals surface area contributed by atoms with Crippen LogP contribution in [0.2, 0.25) is 0 Å².